The molecule has 7 nitrogen and oxygen atoms in total. The molecule has 0 fully saturated rings. The molecule has 2 aliphatic heterocycles. The van der Waals surface area contributed by atoms with Crippen LogP contribution in [0.4, 0.5) is 0 Å². The maximum Gasteiger partial charge on any atom is 0.243 e. The molecule has 3 heterocycles. The van der Waals surface area contributed by atoms with Gasteiger partial charge in [0, 0.05) is 28.3 Å². The Labute approximate surface area is 136 Å². The van der Waals surface area contributed by atoms with Gasteiger partial charge in [-0.05, 0) is 18.6 Å². The number of rotatable bonds is 1. The Morgan fingerprint density at radius 2 is 2.13 bits per heavy atom. The lowest BCUT2D eigenvalue weighted by molar-refractivity contribution is 0.174. The van der Waals surface area contributed by atoms with E-state index in [4.69, 9.17) is 31.2 Å². The van der Waals surface area contributed by atoms with E-state index in [0.29, 0.717) is 28.0 Å². The molecule has 4 rings (SSSR count). The van der Waals surface area contributed by atoms with Crippen molar-refractivity contribution in [1.29, 1.82) is 10.7 Å². The Morgan fingerprint density at radius 1 is 1.39 bits per heavy atom. The highest BCUT2D eigenvalue weighted by Gasteiger charge is 2.41. The molecule has 2 atom stereocenters. The number of aryl methyl sites for hydroxylation is 1. The van der Waals surface area contributed by atoms with Gasteiger partial charge in [-0.1, -0.05) is 11.6 Å². The van der Waals surface area contributed by atoms with Crippen molar-refractivity contribution in [2.24, 2.45) is 5.92 Å². The molecule has 2 unspecified atom stereocenters. The van der Waals surface area contributed by atoms with Gasteiger partial charge in [0.2, 0.25) is 18.6 Å². The van der Waals surface area contributed by atoms with Crippen LogP contribution in [-0.2, 0) is 0 Å². The number of ether oxygens (including phenoxy) is 3. The van der Waals surface area contributed by atoms with Crippen LogP contribution >= 0.6 is 11.6 Å². The number of H-pyrrole nitrogens is 1. The van der Waals surface area contributed by atoms with Gasteiger partial charge in [0.25, 0.3) is 0 Å². The normalized spacial score (nSPS) is 21.5. The second-order valence-corrected chi connectivity index (χ2v) is 5.75. The quantitative estimate of drug-likeness (QED) is 0.836. The summed E-state index contributed by atoms with van der Waals surface area (Å²) < 4.78 is 16.1. The van der Waals surface area contributed by atoms with Gasteiger partial charge >= 0.3 is 0 Å². The van der Waals surface area contributed by atoms with Gasteiger partial charge in [-0.3, -0.25) is 10.5 Å². The van der Waals surface area contributed by atoms with Crippen LogP contribution in [0, 0.1) is 29.6 Å². The first-order chi connectivity index (χ1) is 11.1. The Morgan fingerprint density at radius 3 is 2.87 bits per heavy atom. The first-order valence-corrected chi connectivity index (χ1v) is 7.27. The average molecular weight is 331 g/mol. The maximum absolute atomic E-state index is 9.53. The Balaban J connectivity index is 1.94. The second-order valence-electron chi connectivity index (χ2n) is 5.35. The molecule has 8 heteroatoms. The van der Waals surface area contributed by atoms with Gasteiger partial charge in [-0.2, -0.15) is 5.26 Å². The van der Waals surface area contributed by atoms with E-state index in [-0.39, 0.29) is 12.7 Å². The van der Waals surface area contributed by atoms with Gasteiger partial charge in [0.15, 0.2) is 11.5 Å². The lowest BCUT2D eigenvalue weighted by Gasteiger charge is -2.28. The summed E-state index contributed by atoms with van der Waals surface area (Å²) in [6, 6.07) is 5.56. The predicted molar refractivity (Wildman–Crippen MR) is 80.2 cm³/mol. The zero-order chi connectivity index (χ0) is 16.1. The molecular formula is C15H11ClN4O3. The van der Waals surface area contributed by atoms with Crippen molar-refractivity contribution in [2.45, 2.75) is 12.8 Å². The molecule has 0 amide bonds. The third kappa shape index (κ3) is 1.95. The molecule has 2 N–H and O–H groups in total. The fourth-order valence-electron chi connectivity index (χ4n) is 2.98. The van der Waals surface area contributed by atoms with Crippen molar-refractivity contribution in [3.63, 3.8) is 0 Å². The number of aromatic amines is 1. The van der Waals surface area contributed by atoms with Gasteiger partial charge in [-0.25, -0.2) is 0 Å². The number of nitriles is 1. The van der Waals surface area contributed by atoms with Crippen molar-refractivity contribution in [2.75, 3.05) is 6.79 Å². The van der Waals surface area contributed by atoms with E-state index in [1.165, 1.54) is 0 Å². The SMILES string of the molecule is Cc1[nH]nc2c1C(c1cc3c(cc1Cl)OCO3)C(C#N)C(=N)O2. The van der Waals surface area contributed by atoms with Crippen LogP contribution in [0.1, 0.15) is 22.7 Å². The Hall–Kier alpha value is -2.72. The highest BCUT2D eigenvalue weighted by molar-refractivity contribution is 6.31. The van der Waals surface area contributed by atoms with Crippen LogP contribution in [0.25, 0.3) is 0 Å². The summed E-state index contributed by atoms with van der Waals surface area (Å²) in [6.07, 6.45) is 0. The maximum atomic E-state index is 9.53. The van der Waals surface area contributed by atoms with E-state index >= 15 is 0 Å². The molecule has 2 aromatic rings. The van der Waals surface area contributed by atoms with Crippen LogP contribution in [0.15, 0.2) is 12.1 Å². The summed E-state index contributed by atoms with van der Waals surface area (Å²) in [5.74, 6) is 0.0389. The number of nitrogens with zero attached hydrogens (tertiary/aromatic N) is 2. The number of halogens is 1. The van der Waals surface area contributed by atoms with Gasteiger partial charge in [-0.15, -0.1) is 5.10 Å². The molecule has 2 aliphatic rings. The standard InChI is InChI=1S/C15H11ClN4O3/c1-6-12-13(8(4-17)14(18)23-15(12)20-19-6)7-2-10-11(3-9(7)16)22-5-21-10/h2-3,8,13,18H,5H2,1H3,(H,19,20). The van der Waals surface area contributed by atoms with Gasteiger partial charge in [0.05, 0.1) is 6.07 Å². The molecule has 23 heavy (non-hydrogen) atoms. The monoisotopic (exact) mass is 330 g/mol. The van der Waals surface area contributed by atoms with E-state index in [1.807, 2.05) is 6.92 Å². The fourth-order valence-corrected chi connectivity index (χ4v) is 3.26. The topological polar surface area (TPSA) is 104 Å². The summed E-state index contributed by atoms with van der Waals surface area (Å²) in [5.41, 5.74) is 2.18. The third-order valence-electron chi connectivity index (χ3n) is 4.06. The number of nitrogens with one attached hydrogen (secondary N) is 2. The highest BCUT2D eigenvalue weighted by Crippen LogP contribution is 2.48. The minimum Gasteiger partial charge on any atom is -0.454 e. The number of benzene rings is 1. The summed E-state index contributed by atoms with van der Waals surface area (Å²) in [6.45, 7) is 1.98. The largest absolute Gasteiger partial charge is 0.454 e. The lowest BCUT2D eigenvalue weighted by atomic mass is 9.79. The number of fused-ring (bicyclic) bond motifs is 2. The zero-order valence-corrected chi connectivity index (χ0v) is 12.8. The van der Waals surface area contributed by atoms with Crippen LogP contribution in [-0.4, -0.2) is 22.9 Å². The van der Waals surface area contributed by atoms with E-state index in [9.17, 15) is 5.26 Å². The smallest absolute Gasteiger partial charge is 0.243 e. The molecule has 1 aromatic carbocycles. The van der Waals surface area contributed by atoms with Gasteiger partial charge in [0.1, 0.15) is 5.92 Å². The molecule has 0 bridgehead atoms. The van der Waals surface area contributed by atoms with Crippen molar-refractivity contribution < 1.29 is 14.2 Å². The van der Waals surface area contributed by atoms with Crippen molar-refractivity contribution in [3.8, 4) is 23.4 Å². The molecule has 0 spiro atoms. The average Bonchev–Trinajstić information content (AvgIpc) is 3.11. The first-order valence-electron chi connectivity index (χ1n) is 6.90. The molecule has 0 radical (unpaired) electrons. The highest BCUT2D eigenvalue weighted by atomic mass is 35.5. The molecule has 0 aliphatic carbocycles. The van der Waals surface area contributed by atoms with Crippen molar-refractivity contribution in [1.82, 2.24) is 10.2 Å². The molecule has 0 saturated heterocycles. The van der Waals surface area contributed by atoms with E-state index in [2.05, 4.69) is 16.3 Å². The summed E-state index contributed by atoms with van der Waals surface area (Å²) in [7, 11) is 0. The molecule has 116 valence electrons. The third-order valence-corrected chi connectivity index (χ3v) is 4.39. The fraction of sp³-hybridized carbons (Fsp3) is 0.267. The van der Waals surface area contributed by atoms with Crippen molar-refractivity contribution in [3.05, 3.63) is 34.0 Å². The second kappa shape index (κ2) is 4.89. The van der Waals surface area contributed by atoms with Crippen molar-refractivity contribution >= 4 is 17.5 Å². The van der Waals surface area contributed by atoms with E-state index < -0.39 is 11.8 Å². The number of hydrogen-bond acceptors (Lipinski definition) is 6. The summed E-state index contributed by atoms with van der Waals surface area (Å²) in [4.78, 5) is 0. The van der Waals surface area contributed by atoms with Crippen LogP contribution < -0.4 is 14.2 Å². The summed E-state index contributed by atoms with van der Waals surface area (Å²) >= 11 is 6.41. The van der Waals surface area contributed by atoms with Gasteiger partial charge < -0.3 is 14.2 Å². The molecule has 1 aromatic heterocycles. The lowest BCUT2D eigenvalue weighted by Crippen LogP contribution is -2.31. The number of aromatic nitrogens is 2. The van der Waals surface area contributed by atoms with Crippen LogP contribution in [0.3, 0.4) is 0 Å². The van der Waals surface area contributed by atoms with E-state index in [0.717, 1.165) is 11.3 Å². The molecular weight excluding hydrogens is 320 g/mol. The Bertz CT molecular complexity index is 870. The Kier molecular flexibility index (Phi) is 2.96. The zero-order valence-electron chi connectivity index (χ0n) is 12.0. The minimum absolute atomic E-state index is 0.135. The van der Waals surface area contributed by atoms with E-state index in [1.54, 1.807) is 12.1 Å². The molecule has 0 saturated carbocycles. The predicted octanol–water partition coefficient (Wildman–Crippen LogP) is 2.74. The first kappa shape index (κ1) is 13.9. The van der Waals surface area contributed by atoms with Crippen LogP contribution in [0.5, 0.6) is 17.4 Å². The summed E-state index contributed by atoms with van der Waals surface area (Å²) in [5, 5.41) is 24.9. The van der Waals surface area contributed by atoms with Crippen LogP contribution in [0.2, 0.25) is 5.02 Å². The number of hydrogen-bond donors (Lipinski definition) is 2. The minimum atomic E-state index is -0.795.